The quantitative estimate of drug-likeness (QED) is 0.471. The lowest BCUT2D eigenvalue weighted by Gasteiger charge is -2.53. The highest BCUT2D eigenvalue weighted by Crippen LogP contribution is 2.51. The fourth-order valence-electron chi connectivity index (χ4n) is 6.20. The molecule has 0 amide bonds. The summed E-state index contributed by atoms with van der Waals surface area (Å²) in [5.74, 6) is 0.902. The lowest BCUT2D eigenvalue weighted by molar-refractivity contribution is -0.148. The van der Waals surface area contributed by atoms with Gasteiger partial charge in [0.2, 0.25) is 0 Å². The second-order valence-electron chi connectivity index (χ2n) is 10.8. The van der Waals surface area contributed by atoms with Gasteiger partial charge in [0, 0.05) is 58.2 Å². The van der Waals surface area contributed by atoms with Gasteiger partial charge in [0.1, 0.15) is 11.9 Å². The smallest absolute Gasteiger partial charge is 0.417 e. The molecule has 0 spiro atoms. The molecule has 1 radical (unpaired) electrons. The number of rotatable bonds is 5. The third kappa shape index (κ3) is 5.57. The summed E-state index contributed by atoms with van der Waals surface area (Å²) in [6.07, 6.45) is 1.93. The number of halogens is 3. The van der Waals surface area contributed by atoms with Crippen LogP contribution in [0.25, 0.3) is 0 Å². The highest BCUT2D eigenvalue weighted by atomic mass is 19.4. The number of nitrogens with zero attached hydrogens (tertiary/aromatic N) is 3. The molecule has 199 valence electrons. The van der Waals surface area contributed by atoms with Gasteiger partial charge in [-0.25, -0.2) is 4.98 Å². The summed E-state index contributed by atoms with van der Waals surface area (Å²) < 4.78 is 43.9. The van der Waals surface area contributed by atoms with Gasteiger partial charge in [-0.3, -0.25) is 9.69 Å². The van der Waals surface area contributed by atoms with Crippen molar-refractivity contribution in [2.45, 2.75) is 58.4 Å². The van der Waals surface area contributed by atoms with Crippen molar-refractivity contribution in [1.82, 2.24) is 9.88 Å². The predicted octanol–water partition coefficient (Wildman–Crippen LogP) is 4.35. The fourth-order valence-corrected chi connectivity index (χ4v) is 6.20. The summed E-state index contributed by atoms with van der Waals surface area (Å²) in [6.45, 7) is 11.6. The number of carbonyl (C=O) groups excluding carboxylic acids is 1. The van der Waals surface area contributed by atoms with Crippen LogP contribution in [0.5, 0.6) is 0 Å². The molecule has 6 nitrogen and oxygen atoms in total. The molecule has 9 heteroatoms. The fraction of sp³-hybridized carbons (Fsp3) is 0.667. The molecule has 1 saturated heterocycles. The SMILES string of the molecule is CC(=O)O[C@@H]1[CH][C@@]2(O)[C@H](C)CC[C@@H](C(C)CN3CCN(c4ccc(C(F)(F)F)cn4)CC3)[C@H]2C=C1C. The first-order chi connectivity index (χ1) is 16.9. The maximum absolute atomic E-state index is 12.8. The number of aliphatic hydroxyl groups is 1. The molecule has 3 aliphatic rings. The van der Waals surface area contributed by atoms with E-state index < -0.39 is 23.4 Å². The summed E-state index contributed by atoms with van der Waals surface area (Å²) in [4.78, 5) is 20.0. The predicted molar refractivity (Wildman–Crippen MR) is 131 cm³/mol. The highest BCUT2D eigenvalue weighted by Gasteiger charge is 2.53. The van der Waals surface area contributed by atoms with Crippen molar-refractivity contribution in [1.29, 1.82) is 0 Å². The van der Waals surface area contributed by atoms with Crippen molar-refractivity contribution in [3.63, 3.8) is 0 Å². The lowest BCUT2D eigenvalue weighted by Crippen LogP contribution is -2.57. The minimum Gasteiger partial charge on any atom is -0.458 e. The average Bonchev–Trinajstić information content (AvgIpc) is 2.81. The lowest BCUT2D eigenvalue weighted by atomic mass is 9.57. The van der Waals surface area contributed by atoms with Gasteiger partial charge in [-0.05, 0) is 55.2 Å². The van der Waals surface area contributed by atoms with E-state index in [1.807, 2.05) is 18.2 Å². The molecule has 2 heterocycles. The summed E-state index contributed by atoms with van der Waals surface area (Å²) >= 11 is 0. The van der Waals surface area contributed by atoms with Gasteiger partial charge in [0.05, 0.1) is 11.2 Å². The molecular weight excluding hydrogens is 471 g/mol. The first kappa shape index (κ1) is 26.9. The van der Waals surface area contributed by atoms with Gasteiger partial charge < -0.3 is 14.7 Å². The Hall–Kier alpha value is -2.13. The van der Waals surface area contributed by atoms with E-state index >= 15 is 0 Å². The molecule has 1 aromatic rings. The van der Waals surface area contributed by atoms with Crippen molar-refractivity contribution in [2.75, 3.05) is 37.6 Å². The number of hydrogen-bond donors (Lipinski definition) is 1. The number of aromatic nitrogens is 1. The van der Waals surface area contributed by atoms with Crippen molar-refractivity contribution < 1.29 is 27.8 Å². The van der Waals surface area contributed by atoms with E-state index in [4.69, 9.17) is 4.74 Å². The molecule has 0 aromatic carbocycles. The van der Waals surface area contributed by atoms with E-state index in [1.54, 1.807) is 0 Å². The maximum atomic E-state index is 12.8. The van der Waals surface area contributed by atoms with Crippen molar-refractivity contribution in [3.8, 4) is 0 Å². The molecule has 2 aliphatic carbocycles. The van der Waals surface area contributed by atoms with Crippen molar-refractivity contribution in [2.24, 2.45) is 23.7 Å². The van der Waals surface area contributed by atoms with E-state index in [1.165, 1.54) is 13.0 Å². The molecule has 6 atom stereocenters. The normalized spacial score (nSPS) is 32.4. The van der Waals surface area contributed by atoms with Crippen LogP contribution in [0.1, 0.15) is 46.1 Å². The third-order valence-corrected chi connectivity index (χ3v) is 8.37. The maximum Gasteiger partial charge on any atom is 0.417 e. The second-order valence-corrected chi connectivity index (χ2v) is 10.8. The number of anilines is 1. The second kappa shape index (κ2) is 10.3. The van der Waals surface area contributed by atoms with Crippen LogP contribution >= 0.6 is 0 Å². The van der Waals surface area contributed by atoms with E-state index in [2.05, 4.69) is 29.8 Å². The Morgan fingerprint density at radius 1 is 1.25 bits per heavy atom. The largest absolute Gasteiger partial charge is 0.458 e. The Labute approximate surface area is 211 Å². The van der Waals surface area contributed by atoms with Crippen LogP contribution in [0.4, 0.5) is 19.0 Å². The van der Waals surface area contributed by atoms with Gasteiger partial charge in [0.25, 0.3) is 0 Å². The number of ether oxygens (including phenoxy) is 1. The Morgan fingerprint density at radius 2 is 1.94 bits per heavy atom. The molecule has 2 fully saturated rings. The van der Waals surface area contributed by atoms with E-state index in [9.17, 15) is 23.1 Å². The molecule has 1 aliphatic heterocycles. The monoisotopic (exact) mass is 508 g/mol. The topological polar surface area (TPSA) is 65.9 Å². The highest BCUT2D eigenvalue weighted by molar-refractivity contribution is 5.66. The van der Waals surface area contributed by atoms with Crippen molar-refractivity contribution in [3.05, 3.63) is 42.0 Å². The summed E-state index contributed by atoms with van der Waals surface area (Å²) in [6, 6.07) is 2.53. The molecule has 36 heavy (non-hydrogen) atoms. The van der Waals surface area contributed by atoms with Crippen LogP contribution in [-0.2, 0) is 15.7 Å². The van der Waals surface area contributed by atoms with E-state index in [0.717, 1.165) is 50.3 Å². The van der Waals surface area contributed by atoms with Gasteiger partial charge in [-0.1, -0.05) is 19.9 Å². The molecule has 1 saturated carbocycles. The van der Waals surface area contributed by atoms with Gasteiger partial charge in [-0.2, -0.15) is 13.2 Å². The summed E-state index contributed by atoms with van der Waals surface area (Å²) in [5, 5.41) is 11.7. The molecule has 1 unspecified atom stereocenters. The number of fused-ring (bicyclic) bond motifs is 1. The van der Waals surface area contributed by atoms with E-state index in [-0.39, 0.29) is 17.8 Å². The minimum absolute atomic E-state index is 0.0271. The Balaban J connectivity index is 1.37. The van der Waals surface area contributed by atoms with Crippen LogP contribution in [0.2, 0.25) is 0 Å². The zero-order valence-corrected chi connectivity index (χ0v) is 21.5. The first-order valence-electron chi connectivity index (χ1n) is 12.8. The number of carbonyl (C=O) groups is 1. The number of esters is 1. The van der Waals surface area contributed by atoms with Crippen LogP contribution < -0.4 is 4.90 Å². The Morgan fingerprint density at radius 3 is 2.53 bits per heavy atom. The van der Waals surface area contributed by atoms with Crippen LogP contribution in [0.15, 0.2) is 30.0 Å². The number of hydrogen-bond acceptors (Lipinski definition) is 6. The molecule has 4 rings (SSSR count). The zero-order chi connectivity index (χ0) is 26.3. The van der Waals surface area contributed by atoms with Crippen LogP contribution in [0, 0.1) is 30.1 Å². The zero-order valence-electron chi connectivity index (χ0n) is 21.5. The molecule has 0 bridgehead atoms. The molecule has 1 N–H and O–H groups in total. The van der Waals surface area contributed by atoms with Crippen LogP contribution in [0.3, 0.4) is 0 Å². The number of piperazine rings is 1. The van der Waals surface area contributed by atoms with E-state index in [0.29, 0.717) is 30.7 Å². The molecular formula is C27H37F3N3O3. The Kier molecular flexibility index (Phi) is 7.72. The number of alkyl halides is 3. The Bertz CT molecular complexity index is 959. The molecule has 1 aromatic heterocycles. The standard InChI is InChI=1S/C27H37F3N3O3/c1-17-13-23-22(7-5-19(3)26(23,35)14-24(17)36-20(4)34)18(2)16-32-9-11-33(12-10-32)25-8-6-21(15-31-25)27(28,29)30/h6,8,13-15,18-19,22-24,35H,5,7,9-12,16H2,1-4H3/t18?,19-,22+,23-,24-,26-/m1/s1. The average molecular weight is 509 g/mol. The van der Waals surface area contributed by atoms with Gasteiger partial charge >= 0.3 is 12.1 Å². The summed E-state index contributed by atoms with van der Waals surface area (Å²) in [7, 11) is 0. The van der Waals surface area contributed by atoms with Crippen molar-refractivity contribution >= 4 is 11.8 Å². The summed E-state index contributed by atoms with van der Waals surface area (Å²) in [5.41, 5.74) is -0.781. The third-order valence-electron chi connectivity index (χ3n) is 8.37. The first-order valence-corrected chi connectivity index (χ1v) is 12.8. The van der Waals surface area contributed by atoms with Gasteiger partial charge in [0.15, 0.2) is 0 Å². The van der Waals surface area contributed by atoms with Gasteiger partial charge in [-0.15, -0.1) is 0 Å². The number of pyridine rings is 1. The minimum atomic E-state index is -4.38. The van der Waals surface area contributed by atoms with Crippen LogP contribution in [-0.4, -0.2) is 65.4 Å².